The maximum atomic E-state index is 11.9. The quantitative estimate of drug-likeness (QED) is 0.759. The number of methoxy groups -OCH3 is 1. The fourth-order valence-electron chi connectivity index (χ4n) is 1.59. The molecule has 0 fully saturated rings. The first-order chi connectivity index (χ1) is 8.74. The van der Waals surface area contributed by atoms with Crippen LogP contribution in [0.4, 0.5) is 0 Å². The SMILES string of the molecule is C#Cc1cncn(Cc2ccc(OC)cc2)c1=O. The summed E-state index contributed by atoms with van der Waals surface area (Å²) in [4.78, 5) is 15.8. The summed E-state index contributed by atoms with van der Waals surface area (Å²) >= 11 is 0. The number of terminal acetylenes is 1. The number of hydrogen-bond donors (Lipinski definition) is 0. The van der Waals surface area contributed by atoms with E-state index in [9.17, 15) is 4.79 Å². The predicted octanol–water partition coefficient (Wildman–Crippen LogP) is 1.28. The average Bonchev–Trinajstić information content (AvgIpc) is 2.42. The predicted molar refractivity (Wildman–Crippen MR) is 68.5 cm³/mol. The summed E-state index contributed by atoms with van der Waals surface area (Å²) in [5.74, 6) is 3.10. The van der Waals surface area contributed by atoms with Crippen molar-refractivity contribution < 1.29 is 4.74 Å². The van der Waals surface area contributed by atoms with Gasteiger partial charge in [-0.2, -0.15) is 0 Å². The zero-order valence-corrected chi connectivity index (χ0v) is 9.96. The molecule has 0 atom stereocenters. The van der Waals surface area contributed by atoms with Crippen LogP contribution in [-0.2, 0) is 6.54 Å². The van der Waals surface area contributed by atoms with Crippen LogP contribution in [0.25, 0.3) is 0 Å². The molecular weight excluding hydrogens is 228 g/mol. The Morgan fingerprint density at radius 2 is 2.11 bits per heavy atom. The number of nitrogens with zero attached hydrogens (tertiary/aromatic N) is 2. The van der Waals surface area contributed by atoms with Crippen LogP contribution in [0.2, 0.25) is 0 Å². The molecule has 4 heteroatoms. The summed E-state index contributed by atoms with van der Waals surface area (Å²) in [6.07, 6.45) is 8.11. The Bertz CT molecular complexity index is 636. The van der Waals surface area contributed by atoms with Crippen molar-refractivity contribution in [3.05, 3.63) is 58.3 Å². The number of hydrogen-bond acceptors (Lipinski definition) is 3. The van der Waals surface area contributed by atoms with Gasteiger partial charge in [0.2, 0.25) is 0 Å². The van der Waals surface area contributed by atoms with E-state index in [1.165, 1.54) is 17.1 Å². The number of aromatic nitrogens is 2. The lowest BCUT2D eigenvalue weighted by molar-refractivity contribution is 0.414. The van der Waals surface area contributed by atoms with Crippen molar-refractivity contribution >= 4 is 0 Å². The van der Waals surface area contributed by atoms with E-state index >= 15 is 0 Å². The van der Waals surface area contributed by atoms with Gasteiger partial charge in [0.1, 0.15) is 11.3 Å². The van der Waals surface area contributed by atoms with Crippen LogP contribution in [0.15, 0.2) is 41.6 Å². The summed E-state index contributed by atoms with van der Waals surface area (Å²) in [7, 11) is 1.61. The van der Waals surface area contributed by atoms with E-state index in [1.807, 2.05) is 24.3 Å². The first kappa shape index (κ1) is 11.9. The van der Waals surface area contributed by atoms with Crippen LogP contribution in [0.3, 0.4) is 0 Å². The maximum Gasteiger partial charge on any atom is 0.269 e. The van der Waals surface area contributed by atoms with E-state index in [-0.39, 0.29) is 11.1 Å². The van der Waals surface area contributed by atoms with Crippen molar-refractivity contribution in [1.82, 2.24) is 9.55 Å². The molecule has 0 aliphatic carbocycles. The lowest BCUT2D eigenvalue weighted by atomic mass is 10.2. The normalized spacial score (nSPS) is 9.78. The Morgan fingerprint density at radius 1 is 1.39 bits per heavy atom. The molecule has 0 N–H and O–H groups in total. The fourth-order valence-corrected chi connectivity index (χ4v) is 1.59. The summed E-state index contributed by atoms with van der Waals surface area (Å²) in [6, 6.07) is 7.49. The van der Waals surface area contributed by atoms with E-state index in [4.69, 9.17) is 11.2 Å². The van der Waals surface area contributed by atoms with Crippen molar-refractivity contribution in [2.24, 2.45) is 0 Å². The Hall–Kier alpha value is -2.54. The first-order valence-electron chi connectivity index (χ1n) is 5.38. The summed E-state index contributed by atoms with van der Waals surface area (Å²) < 4.78 is 6.56. The van der Waals surface area contributed by atoms with E-state index in [0.717, 1.165) is 11.3 Å². The fraction of sp³-hybridized carbons (Fsp3) is 0.143. The summed E-state index contributed by atoms with van der Waals surface area (Å²) in [6.45, 7) is 0.436. The molecule has 0 spiro atoms. The lowest BCUT2D eigenvalue weighted by Gasteiger charge is -2.06. The molecule has 0 radical (unpaired) electrons. The highest BCUT2D eigenvalue weighted by atomic mass is 16.5. The van der Waals surface area contributed by atoms with Gasteiger partial charge in [-0.3, -0.25) is 9.36 Å². The molecule has 0 aliphatic heterocycles. The molecule has 1 aromatic carbocycles. The maximum absolute atomic E-state index is 11.9. The van der Waals surface area contributed by atoms with Gasteiger partial charge in [0.25, 0.3) is 5.56 Å². The Labute approximate surface area is 105 Å². The Balaban J connectivity index is 2.29. The van der Waals surface area contributed by atoms with Crippen LogP contribution in [0.5, 0.6) is 5.75 Å². The highest BCUT2D eigenvalue weighted by Crippen LogP contribution is 2.11. The topological polar surface area (TPSA) is 44.1 Å². The highest BCUT2D eigenvalue weighted by molar-refractivity contribution is 5.29. The van der Waals surface area contributed by atoms with Gasteiger partial charge in [0, 0.05) is 6.20 Å². The number of rotatable bonds is 3. The molecule has 2 rings (SSSR count). The monoisotopic (exact) mass is 240 g/mol. The Morgan fingerprint density at radius 3 is 2.72 bits per heavy atom. The smallest absolute Gasteiger partial charge is 0.269 e. The second kappa shape index (κ2) is 5.19. The molecule has 0 bridgehead atoms. The van der Waals surface area contributed by atoms with Crippen molar-refractivity contribution in [3.8, 4) is 18.1 Å². The highest BCUT2D eigenvalue weighted by Gasteiger charge is 2.02. The van der Waals surface area contributed by atoms with Gasteiger partial charge in [-0.1, -0.05) is 18.1 Å². The average molecular weight is 240 g/mol. The molecule has 0 saturated heterocycles. The molecule has 4 nitrogen and oxygen atoms in total. The molecule has 0 amide bonds. The van der Waals surface area contributed by atoms with Crippen LogP contribution >= 0.6 is 0 Å². The molecule has 2 aromatic rings. The zero-order valence-electron chi connectivity index (χ0n) is 9.96. The standard InChI is InChI=1S/C14H12N2O2/c1-3-12-8-15-10-16(14(12)17)9-11-4-6-13(18-2)7-5-11/h1,4-8,10H,9H2,2H3. The molecule has 18 heavy (non-hydrogen) atoms. The summed E-state index contributed by atoms with van der Waals surface area (Å²) in [5.41, 5.74) is 1.04. The van der Waals surface area contributed by atoms with Crippen molar-refractivity contribution in [2.45, 2.75) is 6.54 Å². The van der Waals surface area contributed by atoms with Crippen molar-refractivity contribution in [3.63, 3.8) is 0 Å². The molecule has 1 heterocycles. The first-order valence-corrected chi connectivity index (χ1v) is 5.38. The number of benzene rings is 1. The van der Waals surface area contributed by atoms with E-state index in [0.29, 0.717) is 6.54 Å². The molecule has 0 saturated carbocycles. The zero-order chi connectivity index (χ0) is 13.0. The summed E-state index contributed by atoms with van der Waals surface area (Å²) in [5, 5.41) is 0. The van der Waals surface area contributed by atoms with Crippen LogP contribution in [0, 0.1) is 12.3 Å². The third-order valence-electron chi connectivity index (χ3n) is 2.57. The minimum atomic E-state index is -0.205. The minimum absolute atomic E-state index is 0.205. The van der Waals surface area contributed by atoms with Crippen LogP contribution < -0.4 is 10.3 Å². The van der Waals surface area contributed by atoms with Crippen molar-refractivity contribution in [1.29, 1.82) is 0 Å². The molecule has 90 valence electrons. The van der Waals surface area contributed by atoms with Gasteiger partial charge in [-0.25, -0.2) is 4.98 Å². The van der Waals surface area contributed by atoms with Gasteiger partial charge in [0.15, 0.2) is 0 Å². The van der Waals surface area contributed by atoms with Gasteiger partial charge in [-0.05, 0) is 17.7 Å². The third-order valence-corrected chi connectivity index (χ3v) is 2.57. The third kappa shape index (κ3) is 2.41. The Kier molecular flexibility index (Phi) is 3.44. The minimum Gasteiger partial charge on any atom is -0.497 e. The molecular formula is C14H12N2O2. The van der Waals surface area contributed by atoms with E-state index in [1.54, 1.807) is 7.11 Å². The second-order valence-electron chi connectivity index (χ2n) is 3.73. The van der Waals surface area contributed by atoms with Crippen molar-refractivity contribution in [2.75, 3.05) is 7.11 Å². The molecule has 0 aliphatic rings. The second-order valence-corrected chi connectivity index (χ2v) is 3.73. The lowest BCUT2D eigenvalue weighted by Crippen LogP contribution is -2.23. The van der Waals surface area contributed by atoms with Gasteiger partial charge in [-0.15, -0.1) is 6.42 Å². The molecule has 0 unspecified atom stereocenters. The van der Waals surface area contributed by atoms with Crippen LogP contribution in [0.1, 0.15) is 11.1 Å². The largest absolute Gasteiger partial charge is 0.497 e. The number of ether oxygens (including phenoxy) is 1. The van der Waals surface area contributed by atoms with E-state index in [2.05, 4.69) is 10.9 Å². The van der Waals surface area contributed by atoms with Crippen LogP contribution in [-0.4, -0.2) is 16.7 Å². The van der Waals surface area contributed by atoms with Gasteiger partial charge in [0.05, 0.1) is 20.0 Å². The van der Waals surface area contributed by atoms with Gasteiger partial charge < -0.3 is 4.74 Å². The molecule has 1 aromatic heterocycles. The van der Waals surface area contributed by atoms with Gasteiger partial charge >= 0.3 is 0 Å². The van der Waals surface area contributed by atoms with E-state index < -0.39 is 0 Å².